The second kappa shape index (κ2) is 12.2. The minimum Gasteiger partial charge on any atom is -0.461 e. The molecular weight excluding hydrogens is 426 g/mol. The molecule has 1 aliphatic rings. The number of amides is 2. The lowest BCUT2D eigenvalue weighted by molar-refractivity contribution is -0.158. The van der Waals surface area contributed by atoms with Crippen LogP contribution in [0.3, 0.4) is 0 Å². The van der Waals surface area contributed by atoms with Gasteiger partial charge in [-0.3, -0.25) is 14.4 Å². The number of imide groups is 1. The number of benzene rings is 1. The van der Waals surface area contributed by atoms with Crippen molar-refractivity contribution in [3.63, 3.8) is 0 Å². The first-order chi connectivity index (χ1) is 15.6. The highest BCUT2D eigenvalue weighted by Gasteiger charge is 2.41. The molecule has 2 rings (SSSR count). The number of nitrogens with zero attached hydrogens (tertiary/aromatic N) is 1. The zero-order valence-corrected chi connectivity index (χ0v) is 19.6. The van der Waals surface area contributed by atoms with Crippen molar-refractivity contribution < 1.29 is 33.4 Å². The summed E-state index contributed by atoms with van der Waals surface area (Å²) in [5, 5.41) is 0. The summed E-state index contributed by atoms with van der Waals surface area (Å²) >= 11 is 0. The number of esters is 2. The molecule has 0 bridgehead atoms. The highest BCUT2D eigenvalue weighted by atomic mass is 16.6. The molecule has 33 heavy (non-hydrogen) atoms. The van der Waals surface area contributed by atoms with Gasteiger partial charge in [0, 0.05) is 12.3 Å². The molecule has 0 spiro atoms. The molecule has 1 unspecified atom stereocenters. The lowest BCUT2D eigenvalue weighted by atomic mass is 9.95. The first-order valence-corrected chi connectivity index (χ1v) is 11.1. The molecule has 1 saturated heterocycles. The van der Waals surface area contributed by atoms with Crippen LogP contribution in [0.5, 0.6) is 0 Å². The van der Waals surface area contributed by atoms with Crippen LogP contribution in [0.25, 0.3) is 0 Å². The van der Waals surface area contributed by atoms with E-state index in [1.165, 1.54) is 6.08 Å². The maximum Gasteiger partial charge on any atom is 0.416 e. The zero-order valence-electron chi connectivity index (χ0n) is 19.6. The van der Waals surface area contributed by atoms with Gasteiger partial charge in [0.25, 0.3) is 0 Å². The van der Waals surface area contributed by atoms with E-state index in [1.807, 2.05) is 30.3 Å². The fourth-order valence-electron chi connectivity index (χ4n) is 3.58. The van der Waals surface area contributed by atoms with Crippen LogP contribution in [0.4, 0.5) is 4.79 Å². The van der Waals surface area contributed by atoms with Gasteiger partial charge in [-0.2, -0.15) is 0 Å². The van der Waals surface area contributed by atoms with Gasteiger partial charge in [0.1, 0.15) is 18.8 Å². The molecule has 0 aliphatic carbocycles. The van der Waals surface area contributed by atoms with E-state index < -0.39 is 41.5 Å². The van der Waals surface area contributed by atoms with Gasteiger partial charge >= 0.3 is 18.0 Å². The lowest BCUT2D eigenvalue weighted by Crippen LogP contribution is -2.44. The van der Waals surface area contributed by atoms with Crippen LogP contribution in [0.15, 0.2) is 43.0 Å². The number of carbonyl (C=O) groups excluding carboxylic acids is 4. The quantitative estimate of drug-likeness (QED) is 0.282. The van der Waals surface area contributed by atoms with Crippen molar-refractivity contribution in [2.45, 2.75) is 64.5 Å². The van der Waals surface area contributed by atoms with E-state index in [0.29, 0.717) is 12.8 Å². The molecule has 1 heterocycles. The monoisotopic (exact) mass is 459 g/mol. The molecule has 1 fully saturated rings. The van der Waals surface area contributed by atoms with Gasteiger partial charge in [-0.15, -0.1) is 0 Å². The maximum atomic E-state index is 13.4. The Morgan fingerprint density at radius 3 is 2.55 bits per heavy atom. The molecule has 1 aliphatic heterocycles. The summed E-state index contributed by atoms with van der Waals surface area (Å²) in [6.07, 6.45) is 1.64. The van der Waals surface area contributed by atoms with Gasteiger partial charge in [-0.25, -0.2) is 9.69 Å². The Kier molecular flexibility index (Phi) is 9.63. The second-order valence-electron chi connectivity index (χ2n) is 8.98. The van der Waals surface area contributed by atoms with Crippen LogP contribution < -0.4 is 0 Å². The fourth-order valence-corrected chi connectivity index (χ4v) is 3.58. The Bertz CT molecular complexity index is 844. The first kappa shape index (κ1) is 26.1. The molecule has 2 amide bonds. The van der Waals surface area contributed by atoms with Gasteiger partial charge in [-0.1, -0.05) is 43.0 Å². The molecule has 8 nitrogen and oxygen atoms in total. The fraction of sp³-hybridized carbons (Fsp3) is 0.520. The first-order valence-electron chi connectivity index (χ1n) is 11.1. The third-order valence-electron chi connectivity index (χ3n) is 4.99. The van der Waals surface area contributed by atoms with Crippen LogP contribution in [0.2, 0.25) is 0 Å². The van der Waals surface area contributed by atoms with Crippen LogP contribution in [0.1, 0.15) is 52.0 Å². The van der Waals surface area contributed by atoms with Gasteiger partial charge in [0.2, 0.25) is 5.91 Å². The third kappa shape index (κ3) is 8.71. The van der Waals surface area contributed by atoms with Crippen molar-refractivity contribution in [1.29, 1.82) is 0 Å². The smallest absolute Gasteiger partial charge is 0.416 e. The minimum absolute atomic E-state index is 0.0871. The molecule has 180 valence electrons. The Labute approximate surface area is 194 Å². The molecule has 0 aromatic heterocycles. The summed E-state index contributed by atoms with van der Waals surface area (Å²) in [5.74, 6) is -2.28. The van der Waals surface area contributed by atoms with Crippen LogP contribution in [-0.4, -0.2) is 53.7 Å². The van der Waals surface area contributed by atoms with Crippen molar-refractivity contribution in [2.75, 3.05) is 13.2 Å². The number of hydrogen-bond acceptors (Lipinski definition) is 7. The van der Waals surface area contributed by atoms with E-state index in [1.54, 1.807) is 20.8 Å². The van der Waals surface area contributed by atoms with E-state index in [-0.39, 0.29) is 32.5 Å². The molecule has 0 saturated carbocycles. The van der Waals surface area contributed by atoms with Crippen molar-refractivity contribution in [3.05, 3.63) is 48.6 Å². The zero-order chi connectivity index (χ0) is 24.4. The van der Waals surface area contributed by atoms with Gasteiger partial charge in [0.05, 0.1) is 12.5 Å². The Morgan fingerprint density at radius 1 is 1.21 bits per heavy atom. The average molecular weight is 460 g/mol. The van der Waals surface area contributed by atoms with E-state index in [0.717, 1.165) is 10.5 Å². The molecule has 2 atom stereocenters. The largest absolute Gasteiger partial charge is 0.461 e. The average Bonchev–Trinajstić information content (AvgIpc) is 3.10. The Hall–Kier alpha value is -3.16. The van der Waals surface area contributed by atoms with E-state index >= 15 is 0 Å². The van der Waals surface area contributed by atoms with Gasteiger partial charge in [-0.05, 0) is 45.6 Å². The predicted molar refractivity (Wildman–Crippen MR) is 121 cm³/mol. The van der Waals surface area contributed by atoms with Crippen LogP contribution >= 0.6 is 0 Å². The Balaban J connectivity index is 2.11. The number of cyclic esters (lactones) is 1. The molecular formula is C25H33NO7. The van der Waals surface area contributed by atoms with Crippen molar-refractivity contribution in [3.8, 4) is 0 Å². The van der Waals surface area contributed by atoms with Gasteiger partial charge in [0.15, 0.2) is 0 Å². The second-order valence-corrected chi connectivity index (χ2v) is 8.98. The normalized spacial score (nSPS) is 16.6. The van der Waals surface area contributed by atoms with Crippen LogP contribution in [-0.2, 0) is 35.0 Å². The topological polar surface area (TPSA) is 99.2 Å². The van der Waals surface area contributed by atoms with E-state index in [2.05, 4.69) is 6.58 Å². The highest BCUT2D eigenvalue weighted by molar-refractivity contribution is 5.96. The van der Waals surface area contributed by atoms with Crippen molar-refractivity contribution in [1.82, 2.24) is 4.90 Å². The van der Waals surface area contributed by atoms with Crippen molar-refractivity contribution in [2.24, 2.45) is 5.92 Å². The number of rotatable bonds is 11. The maximum absolute atomic E-state index is 13.4. The molecule has 1 aromatic carbocycles. The predicted octanol–water partition coefficient (Wildman–Crippen LogP) is 3.82. The SMILES string of the molecule is C=CCOC(=O)CCC[C@H](CC(=O)OC(C)(C)C)C(=O)N1C(=O)OCC1Cc1ccccc1. The molecule has 1 aromatic rings. The summed E-state index contributed by atoms with van der Waals surface area (Å²) in [6, 6.07) is 9.02. The summed E-state index contributed by atoms with van der Waals surface area (Å²) < 4.78 is 15.5. The Morgan fingerprint density at radius 2 is 1.91 bits per heavy atom. The summed E-state index contributed by atoms with van der Waals surface area (Å²) in [7, 11) is 0. The number of hydrogen-bond donors (Lipinski definition) is 0. The molecule has 0 N–H and O–H groups in total. The molecule has 0 radical (unpaired) electrons. The summed E-state index contributed by atoms with van der Waals surface area (Å²) in [4.78, 5) is 51.2. The standard InChI is InChI=1S/C25H33NO7/c1-5-14-31-21(27)13-9-12-19(16-22(28)33-25(2,3)4)23(29)26-20(17-32-24(26)30)15-18-10-7-6-8-11-18/h5-8,10-11,19-20H,1,9,12-17H2,2-4H3/t19-,20?/m1/s1. The van der Waals surface area contributed by atoms with Crippen molar-refractivity contribution >= 4 is 23.9 Å². The third-order valence-corrected chi connectivity index (χ3v) is 4.99. The van der Waals surface area contributed by atoms with E-state index in [4.69, 9.17) is 14.2 Å². The van der Waals surface area contributed by atoms with Gasteiger partial charge < -0.3 is 14.2 Å². The molecule has 8 heteroatoms. The van der Waals surface area contributed by atoms with E-state index in [9.17, 15) is 19.2 Å². The summed E-state index contributed by atoms with van der Waals surface area (Å²) in [5.41, 5.74) is 0.258. The number of carbonyl (C=O) groups is 4. The summed E-state index contributed by atoms with van der Waals surface area (Å²) in [6.45, 7) is 8.92. The number of ether oxygens (including phenoxy) is 3. The minimum atomic E-state index is -0.823. The lowest BCUT2D eigenvalue weighted by Gasteiger charge is -2.26. The van der Waals surface area contributed by atoms with Crippen LogP contribution in [0, 0.1) is 5.92 Å². The highest BCUT2D eigenvalue weighted by Crippen LogP contribution is 2.25.